The van der Waals surface area contributed by atoms with Crippen LogP contribution in [-0.2, 0) is 11.3 Å². The Morgan fingerprint density at radius 3 is 2.55 bits per heavy atom. The zero-order chi connectivity index (χ0) is 23.2. The number of carbonyl (C=O) groups is 1. The van der Waals surface area contributed by atoms with Crippen molar-refractivity contribution < 1.29 is 23.4 Å². The van der Waals surface area contributed by atoms with Crippen molar-refractivity contribution in [1.29, 1.82) is 0 Å². The van der Waals surface area contributed by atoms with E-state index in [1.54, 1.807) is 26.4 Å². The molecule has 0 radical (unpaired) electrons. The average Bonchev–Trinajstić information content (AvgIpc) is 3.37. The van der Waals surface area contributed by atoms with Gasteiger partial charge in [0.1, 0.15) is 11.6 Å². The van der Waals surface area contributed by atoms with E-state index in [-0.39, 0.29) is 23.6 Å². The first kappa shape index (κ1) is 23.4. The number of benzene rings is 2. The van der Waals surface area contributed by atoms with Gasteiger partial charge in [0.15, 0.2) is 11.5 Å². The first-order chi connectivity index (χ1) is 16.1. The molecule has 6 nitrogen and oxygen atoms in total. The van der Waals surface area contributed by atoms with Gasteiger partial charge in [-0.1, -0.05) is 12.1 Å². The largest absolute Gasteiger partial charge is 0.493 e. The van der Waals surface area contributed by atoms with E-state index < -0.39 is 0 Å². The molecule has 0 aromatic heterocycles. The van der Waals surface area contributed by atoms with Crippen LogP contribution in [0.2, 0.25) is 0 Å². The predicted octanol–water partition coefficient (Wildman–Crippen LogP) is 3.98. The van der Waals surface area contributed by atoms with Crippen molar-refractivity contribution >= 4 is 5.91 Å². The van der Waals surface area contributed by atoms with Gasteiger partial charge in [-0.05, 0) is 49.1 Å². The number of methoxy groups -OCH3 is 2. The fraction of sp³-hybridized carbons (Fsp3) is 0.500. The molecule has 0 bridgehead atoms. The molecule has 0 unspecified atom stereocenters. The van der Waals surface area contributed by atoms with Crippen molar-refractivity contribution in [3.05, 3.63) is 53.8 Å². The molecule has 2 aromatic carbocycles. The second kappa shape index (κ2) is 10.9. The van der Waals surface area contributed by atoms with E-state index in [4.69, 9.17) is 14.2 Å². The van der Waals surface area contributed by atoms with Crippen LogP contribution in [-0.4, -0.2) is 62.7 Å². The number of halogens is 1. The molecule has 2 aromatic rings. The zero-order valence-electron chi connectivity index (χ0n) is 19.5. The second-order valence-electron chi connectivity index (χ2n) is 8.98. The number of carbonyl (C=O) groups excluding carboxylic acids is 1. The third-order valence-corrected chi connectivity index (χ3v) is 6.52. The smallest absolute Gasteiger partial charge is 0.226 e. The molecule has 2 saturated heterocycles. The second-order valence-corrected chi connectivity index (χ2v) is 8.98. The molecule has 2 heterocycles. The van der Waals surface area contributed by atoms with Crippen LogP contribution in [0.5, 0.6) is 17.2 Å². The minimum atomic E-state index is -0.312. The van der Waals surface area contributed by atoms with Crippen LogP contribution in [0.15, 0.2) is 42.5 Å². The Balaban J connectivity index is 1.46. The van der Waals surface area contributed by atoms with Gasteiger partial charge in [0.05, 0.1) is 26.7 Å². The Bertz CT molecular complexity index is 948. The van der Waals surface area contributed by atoms with E-state index >= 15 is 0 Å². The van der Waals surface area contributed by atoms with E-state index in [2.05, 4.69) is 4.90 Å². The monoisotopic (exact) mass is 456 g/mol. The van der Waals surface area contributed by atoms with Gasteiger partial charge in [-0.3, -0.25) is 9.69 Å². The molecule has 0 aliphatic carbocycles. The topological polar surface area (TPSA) is 51.2 Å². The summed E-state index contributed by atoms with van der Waals surface area (Å²) >= 11 is 0. The van der Waals surface area contributed by atoms with Gasteiger partial charge in [0, 0.05) is 44.7 Å². The van der Waals surface area contributed by atoms with Crippen molar-refractivity contribution in [2.24, 2.45) is 11.8 Å². The van der Waals surface area contributed by atoms with Gasteiger partial charge in [-0.2, -0.15) is 0 Å². The minimum Gasteiger partial charge on any atom is -0.493 e. The van der Waals surface area contributed by atoms with Gasteiger partial charge in [-0.25, -0.2) is 4.39 Å². The number of rotatable bonds is 8. The first-order valence-electron chi connectivity index (χ1n) is 11.7. The van der Waals surface area contributed by atoms with Crippen LogP contribution in [0.1, 0.15) is 24.8 Å². The molecule has 4 rings (SSSR count). The van der Waals surface area contributed by atoms with Crippen LogP contribution >= 0.6 is 0 Å². The summed E-state index contributed by atoms with van der Waals surface area (Å²) in [6.07, 6.45) is 2.95. The third-order valence-electron chi connectivity index (χ3n) is 6.52. The van der Waals surface area contributed by atoms with E-state index in [1.807, 2.05) is 23.1 Å². The number of hydrogen-bond acceptors (Lipinski definition) is 5. The number of hydrogen-bond donors (Lipinski definition) is 0. The van der Waals surface area contributed by atoms with Gasteiger partial charge < -0.3 is 19.1 Å². The summed E-state index contributed by atoms with van der Waals surface area (Å²) in [5, 5.41) is 0. The number of likely N-dealkylation sites (tertiary alicyclic amines) is 2. The highest BCUT2D eigenvalue weighted by molar-refractivity contribution is 5.79. The average molecular weight is 457 g/mol. The van der Waals surface area contributed by atoms with Crippen LogP contribution in [0.4, 0.5) is 4.39 Å². The standard InChI is InChI=1S/C26H33FN2O4/c1-31-24-9-8-19(13-25(24)32-2)15-28-16-20(18-33-23-7-5-6-22(27)14-23)12-21(17-28)26(30)29-10-3-4-11-29/h5-9,13-14,20-21H,3-4,10-12,15-18H2,1-2H3/t20-,21+/m0/s1. The fourth-order valence-electron chi connectivity index (χ4n) is 4.94. The van der Waals surface area contributed by atoms with E-state index in [9.17, 15) is 9.18 Å². The third kappa shape index (κ3) is 5.96. The summed E-state index contributed by atoms with van der Waals surface area (Å²) in [6.45, 7) is 4.41. The van der Waals surface area contributed by atoms with Gasteiger partial charge in [-0.15, -0.1) is 0 Å². The normalized spacial score (nSPS) is 21.1. The molecule has 0 spiro atoms. The molecule has 7 heteroatoms. The molecule has 2 aliphatic heterocycles. The highest BCUT2D eigenvalue weighted by Gasteiger charge is 2.35. The SMILES string of the molecule is COc1ccc(CN2C[C@@H](COc3cccc(F)c3)C[C@@H](C(=O)N3CCCC3)C2)cc1OC. The molecule has 2 atom stereocenters. The maximum absolute atomic E-state index is 13.5. The van der Waals surface area contributed by atoms with Crippen molar-refractivity contribution in [3.8, 4) is 17.2 Å². The molecule has 0 N–H and O–H groups in total. The maximum atomic E-state index is 13.5. The number of nitrogens with zero attached hydrogens (tertiary/aromatic N) is 2. The number of amides is 1. The van der Waals surface area contributed by atoms with Gasteiger partial charge >= 0.3 is 0 Å². The molecule has 1 amide bonds. The van der Waals surface area contributed by atoms with Gasteiger partial charge in [0.25, 0.3) is 0 Å². The predicted molar refractivity (Wildman–Crippen MR) is 124 cm³/mol. The summed E-state index contributed by atoms with van der Waals surface area (Å²) in [7, 11) is 3.26. The van der Waals surface area contributed by atoms with Crippen LogP contribution < -0.4 is 14.2 Å². The highest BCUT2D eigenvalue weighted by atomic mass is 19.1. The summed E-state index contributed by atoms with van der Waals surface area (Å²) < 4.78 is 30.3. The molecule has 2 fully saturated rings. The molecular weight excluding hydrogens is 423 g/mol. The molecular formula is C26H33FN2O4. The summed E-state index contributed by atoms with van der Waals surface area (Å²) in [5.41, 5.74) is 1.10. The van der Waals surface area contributed by atoms with Gasteiger partial charge in [0.2, 0.25) is 5.91 Å². The molecule has 0 saturated carbocycles. The summed E-state index contributed by atoms with van der Waals surface area (Å²) in [5.74, 6) is 1.98. The molecule has 178 valence electrons. The minimum absolute atomic E-state index is 0.0573. The lowest BCUT2D eigenvalue weighted by Crippen LogP contribution is -2.48. The quantitative estimate of drug-likeness (QED) is 0.601. The Kier molecular flexibility index (Phi) is 7.70. The van der Waals surface area contributed by atoms with Crippen molar-refractivity contribution in [3.63, 3.8) is 0 Å². The zero-order valence-corrected chi connectivity index (χ0v) is 19.5. The first-order valence-corrected chi connectivity index (χ1v) is 11.7. The molecule has 33 heavy (non-hydrogen) atoms. The summed E-state index contributed by atoms with van der Waals surface area (Å²) in [4.78, 5) is 17.6. The Labute approximate surface area is 195 Å². The number of ether oxygens (including phenoxy) is 3. The lowest BCUT2D eigenvalue weighted by atomic mass is 9.88. The van der Waals surface area contributed by atoms with Crippen molar-refractivity contribution in [2.75, 3.05) is 47.0 Å². The lowest BCUT2D eigenvalue weighted by molar-refractivity contribution is -0.137. The van der Waals surface area contributed by atoms with E-state index in [1.165, 1.54) is 12.1 Å². The highest BCUT2D eigenvalue weighted by Crippen LogP contribution is 2.31. The lowest BCUT2D eigenvalue weighted by Gasteiger charge is -2.38. The van der Waals surface area contributed by atoms with Crippen molar-refractivity contribution in [1.82, 2.24) is 9.80 Å². The summed E-state index contributed by atoms with van der Waals surface area (Å²) in [6, 6.07) is 12.2. The Hall–Kier alpha value is -2.80. The number of piperidine rings is 1. The Morgan fingerprint density at radius 1 is 1.03 bits per heavy atom. The van der Waals surface area contributed by atoms with E-state index in [0.29, 0.717) is 30.4 Å². The van der Waals surface area contributed by atoms with Crippen LogP contribution in [0.3, 0.4) is 0 Å². The van der Waals surface area contributed by atoms with Crippen molar-refractivity contribution in [2.45, 2.75) is 25.8 Å². The maximum Gasteiger partial charge on any atom is 0.226 e. The van der Waals surface area contributed by atoms with Crippen LogP contribution in [0.25, 0.3) is 0 Å². The van der Waals surface area contributed by atoms with Crippen LogP contribution in [0, 0.1) is 17.7 Å². The fourth-order valence-corrected chi connectivity index (χ4v) is 4.94. The molecule has 2 aliphatic rings. The van der Waals surface area contributed by atoms with E-state index in [0.717, 1.165) is 51.0 Å². The Morgan fingerprint density at radius 2 is 1.82 bits per heavy atom.